The molecule has 2 atom stereocenters. The molecule has 0 heterocycles. The first-order valence-corrected chi connectivity index (χ1v) is 7.41. The Kier molecular flexibility index (Phi) is 5.97. The zero-order chi connectivity index (χ0) is 16.9. The fourth-order valence-electron chi connectivity index (χ4n) is 1.96. The standard InChI is InChI=1S/C17H25NO4/c1-11(2)17(5,10-15(19)20)18-16(21)13(4)22-14-8-6-12(3)7-9-14/h6-9,11,13H,10H2,1-5H3,(H,18,21)(H,19,20). The number of carbonyl (C=O) groups excluding carboxylic acids is 1. The molecule has 0 radical (unpaired) electrons. The van der Waals surface area contributed by atoms with Gasteiger partial charge in [0.2, 0.25) is 0 Å². The summed E-state index contributed by atoms with van der Waals surface area (Å²) in [7, 11) is 0. The molecule has 0 fully saturated rings. The topological polar surface area (TPSA) is 75.6 Å². The Morgan fingerprint density at radius 3 is 2.23 bits per heavy atom. The fourth-order valence-corrected chi connectivity index (χ4v) is 1.96. The third-order valence-corrected chi connectivity index (χ3v) is 3.90. The smallest absolute Gasteiger partial charge is 0.305 e. The van der Waals surface area contributed by atoms with Crippen LogP contribution in [0.5, 0.6) is 5.75 Å². The molecule has 5 heteroatoms. The number of ether oxygens (including phenoxy) is 1. The Morgan fingerprint density at radius 2 is 1.77 bits per heavy atom. The first-order valence-electron chi connectivity index (χ1n) is 7.41. The van der Waals surface area contributed by atoms with Gasteiger partial charge in [0.1, 0.15) is 5.75 Å². The van der Waals surface area contributed by atoms with Crippen LogP contribution < -0.4 is 10.1 Å². The normalized spacial score (nSPS) is 15.0. The van der Waals surface area contributed by atoms with E-state index in [1.165, 1.54) is 0 Å². The number of benzene rings is 1. The van der Waals surface area contributed by atoms with E-state index >= 15 is 0 Å². The van der Waals surface area contributed by atoms with Crippen molar-refractivity contribution >= 4 is 11.9 Å². The molecule has 0 aromatic heterocycles. The minimum atomic E-state index is -0.941. The minimum absolute atomic E-state index is 0.0147. The van der Waals surface area contributed by atoms with Crippen molar-refractivity contribution in [3.05, 3.63) is 29.8 Å². The number of carboxylic acids is 1. The van der Waals surface area contributed by atoms with Crippen LogP contribution >= 0.6 is 0 Å². The molecule has 0 spiro atoms. The average molecular weight is 307 g/mol. The summed E-state index contributed by atoms with van der Waals surface area (Å²) in [6, 6.07) is 7.42. The maximum atomic E-state index is 12.3. The summed E-state index contributed by atoms with van der Waals surface area (Å²) in [5.74, 6) is -0.668. The maximum absolute atomic E-state index is 12.3. The highest BCUT2D eigenvalue weighted by Gasteiger charge is 2.34. The van der Waals surface area contributed by atoms with Gasteiger partial charge in [-0.05, 0) is 38.8 Å². The van der Waals surface area contributed by atoms with Crippen LogP contribution in [0.3, 0.4) is 0 Å². The number of amides is 1. The van der Waals surface area contributed by atoms with Gasteiger partial charge >= 0.3 is 5.97 Å². The summed E-state index contributed by atoms with van der Waals surface area (Å²) >= 11 is 0. The minimum Gasteiger partial charge on any atom is -0.481 e. The molecule has 0 aliphatic heterocycles. The van der Waals surface area contributed by atoms with E-state index in [-0.39, 0.29) is 18.2 Å². The van der Waals surface area contributed by atoms with Gasteiger partial charge in [0.05, 0.1) is 12.0 Å². The van der Waals surface area contributed by atoms with Crippen molar-refractivity contribution in [2.45, 2.75) is 52.7 Å². The number of aryl methyl sites for hydroxylation is 1. The van der Waals surface area contributed by atoms with Gasteiger partial charge < -0.3 is 15.2 Å². The number of carbonyl (C=O) groups is 2. The maximum Gasteiger partial charge on any atom is 0.305 e. The van der Waals surface area contributed by atoms with Crippen LogP contribution in [-0.4, -0.2) is 28.6 Å². The highest BCUT2D eigenvalue weighted by atomic mass is 16.5. The van der Waals surface area contributed by atoms with Crippen molar-refractivity contribution in [2.24, 2.45) is 5.92 Å². The number of hydrogen-bond acceptors (Lipinski definition) is 3. The molecule has 0 bridgehead atoms. The predicted octanol–water partition coefficient (Wildman–Crippen LogP) is 2.77. The van der Waals surface area contributed by atoms with E-state index in [1.54, 1.807) is 26.0 Å². The summed E-state index contributed by atoms with van der Waals surface area (Å²) in [6.07, 6.45) is -0.831. The van der Waals surface area contributed by atoms with Gasteiger partial charge in [-0.25, -0.2) is 0 Å². The van der Waals surface area contributed by atoms with E-state index in [9.17, 15) is 9.59 Å². The van der Waals surface area contributed by atoms with E-state index in [2.05, 4.69) is 5.32 Å². The van der Waals surface area contributed by atoms with Gasteiger partial charge in [0.25, 0.3) is 5.91 Å². The quantitative estimate of drug-likeness (QED) is 0.812. The van der Waals surface area contributed by atoms with Crippen molar-refractivity contribution in [2.75, 3.05) is 0 Å². The third kappa shape index (κ3) is 5.06. The Morgan fingerprint density at radius 1 is 1.23 bits per heavy atom. The third-order valence-electron chi connectivity index (χ3n) is 3.90. The van der Waals surface area contributed by atoms with Crippen molar-refractivity contribution < 1.29 is 19.4 Å². The van der Waals surface area contributed by atoms with Gasteiger partial charge in [0, 0.05) is 0 Å². The molecule has 1 aromatic rings. The summed E-state index contributed by atoms with van der Waals surface area (Å²) in [5, 5.41) is 11.8. The number of aliphatic carboxylic acids is 1. The summed E-state index contributed by atoms with van der Waals surface area (Å²) in [6.45, 7) is 9.13. The van der Waals surface area contributed by atoms with Crippen molar-refractivity contribution in [3.63, 3.8) is 0 Å². The number of hydrogen-bond donors (Lipinski definition) is 2. The van der Waals surface area contributed by atoms with Crippen LogP contribution in [0, 0.1) is 12.8 Å². The monoisotopic (exact) mass is 307 g/mol. The Bertz CT molecular complexity index is 524. The van der Waals surface area contributed by atoms with Crippen LogP contribution in [0.1, 0.15) is 39.7 Å². The molecule has 2 N–H and O–H groups in total. The van der Waals surface area contributed by atoms with E-state index in [4.69, 9.17) is 9.84 Å². The second-order valence-electron chi connectivity index (χ2n) is 6.21. The second-order valence-corrected chi connectivity index (χ2v) is 6.21. The molecule has 1 aromatic carbocycles. The van der Waals surface area contributed by atoms with Crippen molar-refractivity contribution in [1.29, 1.82) is 0 Å². The number of rotatable bonds is 7. The molecule has 122 valence electrons. The molecule has 1 amide bonds. The first-order chi connectivity index (χ1) is 10.1. The van der Waals surface area contributed by atoms with Crippen LogP contribution in [0.25, 0.3) is 0 Å². The fraction of sp³-hybridized carbons (Fsp3) is 0.529. The highest BCUT2D eigenvalue weighted by molar-refractivity contribution is 5.82. The van der Waals surface area contributed by atoms with E-state index in [1.807, 2.05) is 32.9 Å². The van der Waals surface area contributed by atoms with Crippen LogP contribution in [0.15, 0.2) is 24.3 Å². The van der Waals surface area contributed by atoms with E-state index in [0.29, 0.717) is 5.75 Å². The lowest BCUT2D eigenvalue weighted by molar-refractivity contribution is -0.140. The van der Waals surface area contributed by atoms with Crippen LogP contribution in [-0.2, 0) is 9.59 Å². The zero-order valence-corrected chi connectivity index (χ0v) is 13.8. The molecule has 22 heavy (non-hydrogen) atoms. The molecule has 0 aliphatic rings. The zero-order valence-electron chi connectivity index (χ0n) is 13.8. The van der Waals surface area contributed by atoms with Gasteiger partial charge in [-0.2, -0.15) is 0 Å². The molecule has 5 nitrogen and oxygen atoms in total. The Hall–Kier alpha value is -2.04. The Labute approximate surface area is 131 Å². The van der Waals surface area contributed by atoms with Gasteiger partial charge in [-0.1, -0.05) is 31.5 Å². The van der Waals surface area contributed by atoms with Gasteiger partial charge in [0.15, 0.2) is 6.10 Å². The predicted molar refractivity (Wildman–Crippen MR) is 84.9 cm³/mol. The number of nitrogens with one attached hydrogen (secondary N) is 1. The van der Waals surface area contributed by atoms with Crippen LogP contribution in [0.4, 0.5) is 0 Å². The lowest BCUT2D eigenvalue weighted by Gasteiger charge is -2.34. The van der Waals surface area contributed by atoms with E-state index < -0.39 is 17.6 Å². The van der Waals surface area contributed by atoms with Crippen molar-refractivity contribution in [3.8, 4) is 5.75 Å². The second kappa shape index (κ2) is 7.29. The van der Waals surface area contributed by atoms with Crippen molar-refractivity contribution in [1.82, 2.24) is 5.32 Å². The van der Waals surface area contributed by atoms with E-state index in [0.717, 1.165) is 5.56 Å². The Balaban J connectivity index is 2.72. The lowest BCUT2D eigenvalue weighted by Crippen LogP contribution is -2.54. The number of carboxylic acid groups (broad SMARTS) is 1. The van der Waals surface area contributed by atoms with Gasteiger partial charge in [-0.15, -0.1) is 0 Å². The molecular formula is C17H25NO4. The molecule has 0 saturated heterocycles. The summed E-state index contributed by atoms with van der Waals surface area (Å²) in [5.41, 5.74) is 0.298. The summed E-state index contributed by atoms with van der Waals surface area (Å²) in [4.78, 5) is 23.3. The van der Waals surface area contributed by atoms with Crippen LogP contribution in [0.2, 0.25) is 0 Å². The molecule has 1 rings (SSSR count). The highest BCUT2D eigenvalue weighted by Crippen LogP contribution is 2.21. The van der Waals surface area contributed by atoms with Gasteiger partial charge in [-0.3, -0.25) is 9.59 Å². The molecule has 0 saturated carbocycles. The SMILES string of the molecule is Cc1ccc(OC(C)C(=O)NC(C)(CC(=O)O)C(C)C)cc1. The average Bonchev–Trinajstić information content (AvgIpc) is 2.40. The molecule has 2 unspecified atom stereocenters. The lowest BCUT2D eigenvalue weighted by atomic mass is 9.85. The largest absolute Gasteiger partial charge is 0.481 e. The summed E-state index contributed by atoms with van der Waals surface area (Å²) < 4.78 is 5.60. The molecule has 0 aliphatic carbocycles. The first kappa shape index (κ1) is 18.0. The molecular weight excluding hydrogens is 282 g/mol.